The fourth-order valence-electron chi connectivity index (χ4n) is 2.55. The number of hydrogen-bond acceptors (Lipinski definition) is 4. The summed E-state index contributed by atoms with van der Waals surface area (Å²) in [5.74, 6) is -2.27. The molecule has 7 nitrogen and oxygen atoms in total. The van der Waals surface area contributed by atoms with Gasteiger partial charge in [0.05, 0.1) is 26.3 Å². The SMILES string of the molecule is CCc1ccc(N2C(=O)NC(=O)[C@@H](C=NCCC[NH+](C)C)C2=O)cc1. The van der Waals surface area contributed by atoms with E-state index in [0.29, 0.717) is 12.2 Å². The van der Waals surface area contributed by atoms with Gasteiger partial charge in [-0.3, -0.25) is 19.9 Å². The third kappa shape index (κ3) is 4.73. The van der Waals surface area contributed by atoms with Crippen LogP contribution in [0.4, 0.5) is 10.5 Å². The number of amides is 4. The summed E-state index contributed by atoms with van der Waals surface area (Å²) in [5.41, 5.74) is 1.55. The van der Waals surface area contributed by atoms with E-state index in [2.05, 4.69) is 24.4 Å². The lowest BCUT2D eigenvalue weighted by Gasteiger charge is -2.28. The summed E-state index contributed by atoms with van der Waals surface area (Å²) in [4.78, 5) is 43.2. The lowest BCUT2D eigenvalue weighted by Crippen LogP contribution is -3.05. The van der Waals surface area contributed by atoms with E-state index in [1.807, 2.05) is 19.1 Å². The summed E-state index contributed by atoms with van der Waals surface area (Å²) < 4.78 is 0. The summed E-state index contributed by atoms with van der Waals surface area (Å²) in [5, 5.41) is 2.23. The molecule has 1 atom stereocenters. The van der Waals surface area contributed by atoms with Crippen molar-refractivity contribution < 1.29 is 19.3 Å². The molecule has 25 heavy (non-hydrogen) atoms. The molecule has 134 valence electrons. The molecule has 4 amide bonds. The first-order valence-corrected chi connectivity index (χ1v) is 8.50. The van der Waals surface area contributed by atoms with Crippen molar-refractivity contribution in [1.29, 1.82) is 0 Å². The highest BCUT2D eigenvalue weighted by Gasteiger charge is 2.40. The highest BCUT2D eigenvalue weighted by Crippen LogP contribution is 2.21. The van der Waals surface area contributed by atoms with Crippen molar-refractivity contribution in [3.05, 3.63) is 29.8 Å². The van der Waals surface area contributed by atoms with Gasteiger partial charge in [0.1, 0.15) is 0 Å². The minimum Gasteiger partial charge on any atom is -0.340 e. The Labute approximate surface area is 147 Å². The summed E-state index contributed by atoms with van der Waals surface area (Å²) >= 11 is 0. The molecule has 1 saturated heterocycles. The van der Waals surface area contributed by atoms with Crippen LogP contribution in [0, 0.1) is 5.92 Å². The predicted octanol–water partition coefficient (Wildman–Crippen LogP) is 0.0534. The van der Waals surface area contributed by atoms with Crippen LogP contribution in [0.1, 0.15) is 18.9 Å². The number of anilines is 1. The number of imide groups is 2. The summed E-state index contributed by atoms with van der Waals surface area (Å²) in [6, 6.07) is 6.42. The third-order valence-electron chi connectivity index (χ3n) is 4.02. The molecule has 0 bridgehead atoms. The van der Waals surface area contributed by atoms with Crippen LogP contribution >= 0.6 is 0 Å². The molecule has 1 aliphatic rings. The normalized spacial score (nSPS) is 18.3. The number of hydrogen-bond donors (Lipinski definition) is 2. The molecule has 0 spiro atoms. The number of barbiturate groups is 1. The Morgan fingerprint density at radius 3 is 2.48 bits per heavy atom. The fourth-order valence-corrected chi connectivity index (χ4v) is 2.55. The third-order valence-corrected chi connectivity index (χ3v) is 4.02. The van der Waals surface area contributed by atoms with Gasteiger partial charge in [-0.1, -0.05) is 19.1 Å². The number of benzene rings is 1. The van der Waals surface area contributed by atoms with Gasteiger partial charge in [0.25, 0.3) is 5.91 Å². The van der Waals surface area contributed by atoms with Gasteiger partial charge in [-0.2, -0.15) is 0 Å². The molecular weight excluding hydrogens is 320 g/mol. The van der Waals surface area contributed by atoms with Gasteiger partial charge in [0.15, 0.2) is 5.92 Å². The Morgan fingerprint density at radius 1 is 1.20 bits per heavy atom. The number of carbonyl (C=O) groups is 3. The second kappa shape index (κ2) is 8.53. The molecule has 0 radical (unpaired) electrons. The number of nitrogens with zero attached hydrogens (tertiary/aromatic N) is 2. The van der Waals surface area contributed by atoms with Crippen molar-refractivity contribution in [1.82, 2.24) is 5.32 Å². The summed E-state index contributed by atoms with van der Waals surface area (Å²) in [6.45, 7) is 3.52. The molecule has 1 fully saturated rings. The number of rotatable bonds is 7. The van der Waals surface area contributed by atoms with Crippen LogP contribution in [0.25, 0.3) is 0 Å². The number of aliphatic imine (C=N–C) groups is 1. The molecule has 7 heteroatoms. The first-order chi connectivity index (χ1) is 11.9. The first kappa shape index (κ1) is 18.8. The molecular formula is C18H25N4O3+. The van der Waals surface area contributed by atoms with Crippen LogP contribution in [-0.4, -0.2) is 51.2 Å². The average molecular weight is 345 g/mol. The number of aryl methyl sites for hydroxylation is 1. The Kier molecular flexibility index (Phi) is 6.41. The van der Waals surface area contributed by atoms with Crippen molar-refractivity contribution in [3.8, 4) is 0 Å². The van der Waals surface area contributed by atoms with Gasteiger partial charge in [0, 0.05) is 19.2 Å². The van der Waals surface area contributed by atoms with E-state index in [9.17, 15) is 14.4 Å². The van der Waals surface area contributed by atoms with E-state index in [-0.39, 0.29) is 0 Å². The van der Waals surface area contributed by atoms with Gasteiger partial charge < -0.3 is 4.90 Å². The summed E-state index contributed by atoms with van der Waals surface area (Å²) in [7, 11) is 4.10. The average Bonchev–Trinajstić information content (AvgIpc) is 2.57. The summed E-state index contributed by atoms with van der Waals surface area (Å²) in [6.07, 6.45) is 3.08. The van der Waals surface area contributed by atoms with Crippen molar-refractivity contribution in [2.75, 3.05) is 32.1 Å². The van der Waals surface area contributed by atoms with E-state index >= 15 is 0 Å². The predicted molar refractivity (Wildman–Crippen MR) is 96.0 cm³/mol. The standard InChI is InChI=1S/C18H24N4O3/c1-4-13-6-8-14(9-7-13)22-17(24)15(16(23)20-18(22)25)12-19-10-5-11-21(2)3/h6-9,12,15H,4-5,10-11H2,1-3H3,(H,20,23,25)/p+1/t15-/m1/s1. The maximum absolute atomic E-state index is 12.6. The lowest BCUT2D eigenvalue weighted by atomic mass is 10.1. The van der Waals surface area contributed by atoms with Gasteiger partial charge in [0.2, 0.25) is 5.91 Å². The molecule has 0 unspecified atom stereocenters. The smallest absolute Gasteiger partial charge is 0.335 e. The van der Waals surface area contributed by atoms with Crippen LogP contribution in [0.2, 0.25) is 0 Å². The zero-order valence-electron chi connectivity index (χ0n) is 14.9. The van der Waals surface area contributed by atoms with Crippen LogP contribution in [0.5, 0.6) is 0 Å². The molecule has 1 heterocycles. The zero-order chi connectivity index (χ0) is 18.4. The quantitative estimate of drug-likeness (QED) is 0.416. The number of quaternary nitrogens is 1. The minimum absolute atomic E-state index is 0.446. The van der Waals surface area contributed by atoms with E-state index in [1.165, 1.54) is 11.1 Å². The Bertz CT molecular complexity index is 667. The van der Waals surface area contributed by atoms with E-state index < -0.39 is 23.8 Å². The minimum atomic E-state index is -1.07. The molecule has 1 aromatic rings. The van der Waals surface area contributed by atoms with Crippen LogP contribution in [-0.2, 0) is 16.0 Å². The monoisotopic (exact) mass is 345 g/mol. The van der Waals surface area contributed by atoms with E-state index in [4.69, 9.17) is 0 Å². The number of nitrogens with one attached hydrogen (secondary N) is 2. The van der Waals surface area contributed by atoms with E-state index in [0.717, 1.165) is 29.8 Å². The second-order valence-corrected chi connectivity index (χ2v) is 6.33. The Morgan fingerprint density at radius 2 is 1.88 bits per heavy atom. The fraction of sp³-hybridized carbons (Fsp3) is 0.444. The largest absolute Gasteiger partial charge is 0.340 e. The van der Waals surface area contributed by atoms with Gasteiger partial charge in [-0.05, 0) is 24.1 Å². The molecule has 2 N–H and O–H groups in total. The van der Waals surface area contributed by atoms with Crippen molar-refractivity contribution in [2.24, 2.45) is 10.9 Å². The van der Waals surface area contributed by atoms with Gasteiger partial charge >= 0.3 is 6.03 Å². The molecule has 0 saturated carbocycles. The van der Waals surface area contributed by atoms with Crippen LogP contribution < -0.4 is 15.1 Å². The van der Waals surface area contributed by atoms with Crippen LogP contribution in [0.15, 0.2) is 29.3 Å². The zero-order valence-corrected chi connectivity index (χ0v) is 14.9. The molecule has 1 aliphatic heterocycles. The molecule has 0 aliphatic carbocycles. The topological polar surface area (TPSA) is 83.3 Å². The van der Waals surface area contributed by atoms with Gasteiger partial charge in [-0.15, -0.1) is 0 Å². The Balaban J connectivity index is 2.10. The van der Waals surface area contributed by atoms with Crippen molar-refractivity contribution in [3.63, 3.8) is 0 Å². The van der Waals surface area contributed by atoms with Crippen molar-refractivity contribution >= 4 is 29.7 Å². The number of carbonyl (C=O) groups excluding carboxylic acids is 3. The molecule has 2 rings (SSSR count). The maximum Gasteiger partial charge on any atom is 0.335 e. The maximum atomic E-state index is 12.6. The first-order valence-electron chi connectivity index (χ1n) is 8.50. The van der Waals surface area contributed by atoms with Crippen molar-refractivity contribution in [2.45, 2.75) is 19.8 Å². The molecule has 1 aromatic carbocycles. The Hall–Kier alpha value is -2.54. The van der Waals surface area contributed by atoms with Gasteiger partial charge in [-0.25, -0.2) is 9.69 Å². The van der Waals surface area contributed by atoms with Crippen LogP contribution in [0.3, 0.4) is 0 Å². The van der Waals surface area contributed by atoms with E-state index in [1.54, 1.807) is 12.1 Å². The number of urea groups is 1. The highest BCUT2D eigenvalue weighted by atomic mass is 16.2. The molecule has 0 aromatic heterocycles. The lowest BCUT2D eigenvalue weighted by molar-refractivity contribution is -0.858. The highest BCUT2D eigenvalue weighted by molar-refractivity contribution is 6.32. The second-order valence-electron chi connectivity index (χ2n) is 6.33.